The van der Waals surface area contributed by atoms with E-state index in [1.54, 1.807) is 6.08 Å². The molecule has 0 aliphatic rings. The maximum atomic E-state index is 10.1. The third-order valence-electron chi connectivity index (χ3n) is 5.63. The van der Waals surface area contributed by atoms with E-state index in [4.69, 9.17) is 10.5 Å². The number of ether oxygens (including phenoxy) is 1. The van der Waals surface area contributed by atoms with Gasteiger partial charge in [0.25, 0.3) is 0 Å². The standard InChI is InChI=1S/C28H41NO2/c1-2-3-4-5-6-7-8-9-10-11-13-24-18-22-27(23-19-24)31-28(30)15-12-14-25-16-20-26(29)21-17-25/h12,15-23,28,30H,2-11,13-14,29H2,1H3. The summed E-state index contributed by atoms with van der Waals surface area (Å²) in [5, 5.41) is 10.1. The molecule has 3 nitrogen and oxygen atoms in total. The fourth-order valence-corrected chi connectivity index (χ4v) is 3.70. The van der Waals surface area contributed by atoms with Crippen LogP contribution in [0, 0.1) is 0 Å². The van der Waals surface area contributed by atoms with E-state index >= 15 is 0 Å². The maximum Gasteiger partial charge on any atom is 0.217 e. The van der Waals surface area contributed by atoms with Gasteiger partial charge in [-0.25, -0.2) is 0 Å². The van der Waals surface area contributed by atoms with Gasteiger partial charge in [-0.2, -0.15) is 0 Å². The van der Waals surface area contributed by atoms with Crippen molar-refractivity contribution < 1.29 is 9.84 Å². The number of anilines is 1. The molecule has 0 aromatic heterocycles. The highest BCUT2D eigenvalue weighted by Gasteiger charge is 2.02. The van der Waals surface area contributed by atoms with Gasteiger partial charge in [-0.3, -0.25) is 0 Å². The predicted octanol–water partition coefficient (Wildman–Crippen LogP) is 7.23. The Morgan fingerprint density at radius 1 is 0.774 bits per heavy atom. The van der Waals surface area contributed by atoms with Crippen LogP contribution in [0.25, 0.3) is 0 Å². The number of nitrogens with two attached hydrogens (primary N) is 1. The lowest BCUT2D eigenvalue weighted by Crippen LogP contribution is -2.11. The summed E-state index contributed by atoms with van der Waals surface area (Å²) in [7, 11) is 0. The molecule has 2 aromatic carbocycles. The van der Waals surface area contributed by atoms with E-state index in [0.717, 1.165) is 24.1 Å². The zero-order valence-electron chi connectivity index (χ0n) is 19.3. The van der Waals surface area contributed by atoms with Crippen LogP contribution >= 0.6 is 0 Å². The first-order valence-corrected chi connectivity index (χ1v) is 12.1. The summed E-state index contributed by atoms with van der Waals surface area (Å²) < 4.78 is 5.58. The molecule has 0 aliphatic carbocycles. The molecule has 2 rings (SSSR count). The van der Waals surface area contributed by atoms with E-state index < -0.39 is 6.29 Å². The van der Waals surface area contributed by atoms with Crippen LogP contribution in [-0.4, -0.2) is 11.4 Å². The maximum absolute atomic E-state index is 10.1. The fraction of sp³-hybridized carbons (Fsp3) is 0.500. The Bertz CT molecular complexity index is 722. The first kappa shape index (κ1) is 25.0. The lowest BCUT2D eigenvalue weighted by atomic mass is 10.0. The van der Waals surface area contributed by atoms with Gasteiger partial charge in [-0.15, -0.1) is 0 Å². The van der Waals surface area contributed by atoms with Crippen LogP contribution in [-0.2, 0) is 12.8 Å². The van der Waals surface area contributed by atoms with Crippen LogP contribution in [0.15, 0.2) is 60.7 Å². The number of hydrogen-bond acceptors (Lipinski definition) is 3. The molecule has 0 aliphatic heterocycles. The van der Waals surface area contributed by atoms with Crippen molar-refractivity contribution in [2.24, 2.45) is 0 Å². The van der Waals surface area contributed by atoms with Crippen molar-refractivity contribution >= 4 is 5.69 Å². The molecule has 0 saturated carbocycles. The van der Waals surface area contributed by atoms with Gasteiger partial charge < -0.3 is 15.6 Å². The topological polar surface area (TPSA) is 55.5 Å². The van der Waals surface area contributed by atoms with Crippen molar-refractivity contribution in [3.05, 3.63) is 71.8 Å². The SMILES string of the molecule is CCCCCCCCCCCCc1ccc(OC(O)C=CCc2ccc(N)cc2)cc1. The number of hydrogen-bond donors (Lipinski definition) is 2. The zero-order chi connectivity index (χ0) is 22.2. The molecule has 0 spiro atoms. The van der Waals surface area contributed by atoms with Gasteiger partial charge in [0.1, 0.15) is 5.75 Å². The summed E-state index contributed by atoms with van der Waals surface area (Å²) in [4.78, 5) is 0. The van der Waals surface area contributed by atoms with E-state index in [0.29, 0.717) is 5.75 Å². The van der Waals surface area contributed by atoms with Crippen molar-refractivity contribution in [2.75, 3.05) is 5.73 Å². The van der Waals surface area contributed by atoms with Crippen molar-refractivity contribution in [3.8, 4) is 5.75 Å². The second kappa shape index (κ2) is 15.5. The van der Waals surface area contributed by atoms with Crippen LogP contribution < -0.4 is 10.5 Å². The van der Waals surface area contributed by atoms with Gasteiger partial charge in [0.05, 0.1) is 0 Å². The Labute approximate surface area is 189 Å². The van der Waals surface area contributed by atoms with E-state index in [9.17, 15) is 5.11 Å². The number of aliphatic hydroxyl groups is 1. The highest BCUT2D eigenvalue weighted by molar-refractivity contribution is 5.39. The third-order valence-corrected chi connectivity index (χ3v) is 5.63. The number of aryl methyl sites for hydroxylation is 1. The van der Waals surface area contributed by atoms with E-state index in [1.165, 1.54) is 69.8 Å². The monoisotopic (exact) mass is 423 g/mol. The van der Waals surface area contributed by atoms with Gasteiger partial charge in [0.15, 0.2) is 0 Å². The number of allylic oxidation sites excluding steroid dienone is 1. The largest absolute Gasteiger partial charge is 0.461 e. The molecule has 170 valence electrons. The molecule has 0 bridgehead atoms. The first-order chi connectivity index (χ1) is 15.2. The number of benzene rings is 2. The summed E-state index contributed by atoms with van der Waals surface area (Å²) in [6.07, 6.45) is 18.1. The molecule has 2 aromatic rings. The second-order valence-corrected chi connectivity index (χ2v) is 8.46. The Morgan fingerprint density at radius 3 is 1.94 bits per heavy atom. The molecule has 31 heavy (non-hydrogen) atoms. The van der Waals surface area contributed by atoms with Gasteiger partial charge >= 0.3 is 0 Å². The average Bonchev–Trinajstić information content (AvgIpc) is 2.77. The third kappa shape index (κ3) is 11.6. The van der Waals surface area contributed by atoms with Crippen LogP contribution in [0.4, 0.5) is 5.69 Å². The van der Waals surface area contributed by atoms with Crippen LogP contribution in [0.2, 0.25) is 0 Å². The quantitative estimate of drug-likeness (QED) is 0.130. The smallest absolute Gasteiger partial charge is 0.217 e. The van der Waals surface area contributed by atoms with Gasteiger partial charge in [0.2, 0.25) is 6.29 Å². The van der Waals surface area contributed by atoms with E-state index in [2.05, 4.69) is 19.1 Å². The normalized spacial score (nSPS) is 12.3. The van der Waals surface area contributed by atoms with Gasteiger partial charge in [-0.05, 0) is 60.7 Å². The van der Waals surface area contributed by atoms with Gasteiger partial charge in [0, 0.05) is 5.69 Å². The molecule has 0 amide bonds. The lowest BCUT2D eigenvalue weighted by Gasteiger charge is -2.10. The molecule has 0 heterocycles. The highest BCUT2D eigenvalue weighted by Crippen LogP contribution is 2.17. The molecular formula is C28H41NO2. The fourth-order valence-electron chi connectivity index (χ4n) is 3.70. The van der Waals surface area contributed by atoms with E-state index in [-0.39, 0.29) is 0 Å². The van der Waals surface area contributed by atoms with Crippen molar-refractivity contribution in [2.45, 2.75) is 90.3 Å². The minimum Gasteiger partial charge on any atom is -0.461 e. The highest BCUT2D eigenvalue weighted by atomic mass is 16.6. The molecule has 3 N–H and O–H groups in total. The average molecular weight is 424 g/mol. The summed E-state index contributed by atoms with van der Waals surface area (Å²) in [5.41, 5.74) is 8.93. The Morgan fingerprint density at radius 2 is 1.32 bits per heavy atom. The number of nitrogen functional groups attached to an aromatic ring is 1. The second-order valence-electron chi connectivity index (χ2n) is 8.46. The Balaban J connectivity index is 1.56. The van der Waals surface area contributed by atoms with Crippen LogP contribution in [0.1, 0.15) is 82.3 Å². The Kier molecular flexibility index (Phi) is 12.5. The Hall–Kier alpha value is -2.26. The summed E-state index contributed by atoms with van der Waals surface area (Å²) in [6.45, 7) is 2.27. The molecule has 0 saturated heterocycles. The van der Waals surface area contributed by atoms with Crippen molar-refractivity contribution in [1.82, 2.24) is 0 Å². The van der Waals surface area contributed by atoms with Crippen molar-refractivity contribution in [1.29, 1.82) is 0 Å². The minimum absolute atomic E-state index is 0.691. The van der Waals surface area contributed by atoms with Crippen molar-refractivity contribution in [3.63, 3.8) is 0 Å². The summed E-state index contributed by atoms with van der Waals surface area (Å²) in [5.74, 6) is 0.691. The molecule has 0 fully saturated rings. The number of aliphatic hydroxyl groups excluding tert-OH is 1. The molecule has 0 radical (unpaired) electrons. The van der Waals surface area contributed by atoms with Crippen LogP contribution in [0.5, 0.6) is 5.75 Å². The molecular weight excluding hydrogens is 382 g/mol. The molecule has 1 unspecified atom stereocenters. The summed E-state index contributed by atoms with van der Waals surface area (Å²) in [6, 6.07) is 15.8. The minimum atomic E-state index is -0.943. The first-order valence-electron chi connectivity index (χ1n) is 12.1. The number of unbranched alkanes of at least 4 members (excludes halogenated alkanes) is 9. The van der Waals surface area contributed by atoms with E-state index in [1.807, 2.05) is 42.5 Å². The molecule has 1 atom stereocenters. The lowest BCUT2D eigenvalue weighted by molar-refractivity contribution is 0.0246. The zero-order valence-corrected chi connectivity index (χ0v) is 19.3. The van der Waals surface area contributed by atoms with Gasteiger partial charge in [-0.1, -0.05) is 95.1 Å². The molecule has 3 heteroatoms. The van der Waals surface area contributed by atoms with Crippen LogP contribution in [0.3, 0.4) is 0 Å². The number of rotatable bonds is 16. The summed E-state index contributed by atoms with van der Waals surface area (Å²) >= 11 is 0. The predicted molar refractivity (Wildman–Crippen MR) is 132 cm³/mol.